The molecule has 17 heavy (non-hydrogen) atoms. The van der Waals surface area contributed by atoms with Gasteiger partial charge in [-0.3, -0.25) is 0 Å². The summed E-state index contributed by atoms with van der Waals surface area (Å²) in [5.41, 5.74) is 4.13. The van der Waals surface area contributed by atoms with Crippen LogP contribution in [0.4, 0.5) is 0 Å². The fourth-order valence-corrected chi connectivity index (χ4v) is 2.30. The Hall–Kier alpha value is -0.860. The number of benzene rings is 1. The summed E-state index contributed by atoms with van der Waals surface area (Å²) in [5, 5.41) is 3.54. The van der Waals surface area contributed by atoms with Gasteiger partial charge in [0.15, 0.2) is 0 Å². The number of hydrogen-bond acceptors (Lipinski definition) is 2. The Morgan fingerprint density at radius 2 is 2.18 bits per heavy atom. The normalized spacial score (nSPS) is 20.5. The molecule has 0 aliphatic carbocycles. The average molecular weight is 233 g/mol. The van der Waals surface area contributed by atoms with Crippen molar-refractivity contribution in [2.75, 3.05) is 19.8 Å². The molecule has 0 bridgehead atoms. The lowest BCUT2D eigenvalue weighted by Gasteiger charge is -2.22. The van der Waals surface area contributed by atoms with Crippen molar-refractivity contribution >= 4 is 0 Å². The van der Waals surface area contributed by atoms with Crippen LogP contribution < -0.4 is 5.32 Å². The van der Waals surface area contributed by atoms with Crippen LogP contribution in [-0.2, 0) is 11.3 Å². The smallest absolute Gasteiger partial charge is 0.0506 e. The highest BCUT2D eigenvalue weighted by Crippen LogP contribution is 2.13. The van der Waals surface area contributed by atoms with Crippen LogP contribution in [0.3, 0.4) is 0 Å². The summed E-state index contributed by atoms with van der Waals surface area (Å²) in [6.45, 7) is 8.26. The molecule has 1 aromatic rings. The zero-order valence-electron chi connectivity index (χ0n) is 11.0. The van der Waals surface area contributed by atoms with Crippen LogP contribution in [0.2, 0.25) is 0 Å². The molecule has 1 aliphatic rings. The van der Waals surface area contributed by atoms with E-state index >= 15 is 0 Å². The van der Waals surface area contributed by atoms with E-state index in [0.717, 1.165) is 26.3 Å². The highest BCUT2D eigenvalue weighted by Gasteiger charge is 2.12. The second-order valence-corrected chi connectivity index (χ2v) is 5.13. The van der Waals surface area contributed by atoms with Crippen LogP contribution in [0.25, 0.3) is 0 Å². The van der Waals surface area contributed by atoms with Crippen molar-refractivity contribution in [1.29, 1.82) is 0 Å². The molecule has 1 atom stereocenters. The highest BCUT2D eigenvalue weighted by atomic mass is 16.5. The second kappa shape index (κ2) is 6.18. The Kier molecular flexibility index (Phi) is 4.57. The van der Waals surface area contributed by atoms with Crippen molar-refractivity contribution in [3.63, 3.8) is 0 Å². The van der Waals surface area contributed by atoms with Gasteiger partial charge in [0.2, 0.25) is 0 Å². The van der Waals surface area contributed by atoms with Crippen LogP contribution in [0, 0.1) is 19.8 Å². The molecule has 2 heteroatoms. The summed E-state index contributed by atoms with van der Waals surface area (Å²) >= 11 is 0. The maximum Gasteiger partial charge on any atom is 0.0506 e. The van der Waals surface area contributed by atoms with E-state index < -0.39 is 0 Å². The largest absolute Gasteiger partial charge is 0.381 e. The van der Waals surface area contributed by atoms with Gasteiger partial charge in [0, 0.05) is 19.7 Å². The van der Waals surface area contributed by atoms with E-state index in [0.29, 0.717) is 5.92 Å². The topological polar surface area (TPSA) is 21.3 Å². The standard InChI is InChI=1S/C15H23NO/c1-12-5-6-14(8-13(12)2)9-16-10-15-4-3-7-17-11-15/h5-6,8,15-16H,3-4,7,9-11H2,1-2H3. The molecule has 1 heterocycles. The maximum absolute atomic E-state index is 5.48. The van der Waals surface area contributed by atoms with Gasteiger partial charge in [0.25, 0.3) is 0 Å². The molecule has 1 aliphatic heterocycles. The van der Waals surface area contributed by atoms with Gasteiger partial charge in [-0.15, -0.1) is 0 Å². The summed E-state index contributed by atoms with van der Waals surface area (Å²) < 4.78 is 5.48. The van der Waals surface area contributed by atoms with Gasteiger partial charge in [-0.25, -0.2) is 0 Å². The Morgan fingerprint density at radius 1 is 1.29 bits per heavy atom. The molecule has 0 amide bonds. The summed E-state index contributed by atoms with van der Waals surface area (Å²) in [6.07, 6.45) is 2.52. The van der Waals surface area contributed by atoms with Crippen molar-refractivity contribution in [3.8, 4) is 0 Å². The van der Waals surface area contributed by atoms with Gasteiger partial charge >= 0.3 is 0 Å². The van der Waals surface area contributed by atoms with Crippen LogP contribution in [0.1, 0.15) is 29.5 Å². The predicted molar refractivity (Wildman–Crippen MR) is 71.2 cm³/mol. The van der Waals surface area contributed by atoms with Gasteiger partial charge in [-0.2, -0.15) is 0 Å². The molecule has 2 rings (SSSR count). The van der Waals surface area contributed by atoms with E-state index in [1.807, 2.05) is 0 Å². The molecule has 1 aromatic carbocycles. The quantitative estimate of drug-likeness (QED) is 0.863. The van der Waals surface area contributed by atoms with Gasteiger partial charge in [0.05, 0.1) is 6.61 Å². The third-order valence-corrected chi connectivity index (χ3v) is 3.59. The third-order valence-electron chi connectivity index (χ3n) is 3.59. The van der Waals surface area contributed by atoms with Crippen LogP contribution in [0.15, 0.2) is 18.2 Å². The van der Waals surface area contributed by atoms with Gasteiger partial charge in [-0.05, 0) is 49.3 Å². The molecule has 1 fully saturated rings. The minimum Gasteiger partial charge on any atom is -0.381 e. The van der Waals surface area contributed by atoms with Crippen molar-refractivity contribution in [3.05, 3.63) is 34.9 Å². The number of aryl methyl sites for hydroxylation is 2. The second-order valence-electron chi connectivity index (χ2n) is 5.13. The first-order valence-corrected chi connectivity index (χ1v) is 6.60. The Bertz CT molecular complexity index is 356. The van der Waals surface area contributed by atoms with Crippen LogP contribution >= 0.6 is 0 Å². The van der Waals surface area contributed by atoms with Crippen molar-refractivity contribution in [2.24, 2.45) is 5.92 Å². The fourth-order valence-electron chi connectivity index (χ4n) is 2.30. The van der Waals surface area contributed by atoms with E-state index in [4.69, 9.17) is 4.74 Å². The Balaban J connectivity index is 1.75. The lowest BCUT2D eigenvalue weighted by molar-refractivity contribution is 0.0547. The molecule has 1 N–H and O–H groups in total. The molecule has 0 spiro atoms. The molecule has 2 nitrogen and oxygen atoms in total. The maximum atomic E-state index is 5.48. The van der Waals surface area contributed by atoms with Crippen molar-refractivity contribution in [2.45, 2.75) is 33.2 Å². The molecule has 1 unspecified atom stereocenters. The van der Waals surface area contributed by atoms with Gasteiger partial charge < -0.3 is 10.1 Å². The Labute approximate surface area is 104 Å². The van der Waals surface area contributed by atoms with Crippen molar-refractivity contribution in [1.82, 2.24) is 5.32 Å². The average Bonchev–Trinajstić information content (AvgIpc) is 2.35. The first kappa shape index (κ1) is 12.6. The summed E-state index contributed by atoms with van der Waals surface area (Å²) in [5.74, 6) is 0.704. The van der Waals surface area contributed by atoms with Crippen LogP contribution in [-0.4, -0.2) is 19.8 Å². The van der Waals surface area contributed by atoms with E-state index in [1.165, 1.54) is 29.5 Å². The van der Waals surface area contributed by atoms with E-state index in [9.17, 15) is 0 Å². The van der Waals surface area contributed by atoms with E-state index in [1.54, 1.807) is 0 Å². The highest BCUT2D eigenvalue weighted by molar-refractivity contribution is 5.29. The summed E-state index contributed by atoms with van der Waals surface area (Å²) in [7, 11) is 0. The molecular weight excluding hydrogens is 210 g/mol. The number of hydrogen-bond donors (Lipinski definition) is 1. The first-order valence-electron chi connectivity index (χ1n) is 6.60. The van der Waals surface area contributed by atoms with E-state index in [2.05, 4.69) is 37.4 Å². The van der Waals surface area contributed by atoms with Crippen molar-refractivity contribution < 1.29 is 4.74 Å². The minimum absolute atomic E-state index is 0.704. The predicted octanol–water partition coefficient (Wildman–Crippen LogP) is 2.82. The van der Waals surface area contributed by atoms with Gasteiger partial charge in [-0.1, -0.05) is 18.2 Å². The zero-order chi connectivity index (χ0) is 12.1. The minimum atomic E-state index is 0.704. The summed E-state index contributed by atoms with van der Waals surface area (Å²) in [4.78, 5) is 0. The fraction of sp³-hybridized carbons (Fsp3) is 0.600. The Morgan fingerprint density at radius 3 is 2.88 bits per heavy atom. The van der Waals surface area contributed by atoms with Gasteiger partial charge in [0.1, 0.15) is 0 Å². The lowest BCUT2D eigenvalue weighted by atomic mass is 10.0. The van der Waals surface area contributed by atoms with E-state index in [-0.39, 0.29) is 0 Å². The number of ether oxygens (including phenoxy) is 1. The molecule has 1 saturated heterocycles. The molecule has 0 saturated carbocycles. The number of nitrogens with one attached hydrogen (secondary N) is 1. The SMILES string of the molecule is Cc1ccc(CNCC2CCCOC2)cc1C. The summed E-state index contributed by atoms with van der Waals surface area (Å²) in [6, 6.07) is 6.70. The molecule has 94 valence electrons. The van der Waals surface area contributed by atoms with Crippen LogP contribution in [0.5, 0.6) is 0 Å². The molecule has 0 radical (unpaired) electrons. The monoisotopic (exact) mass is 233 g/mol. The third kappa shape index (κ3) is 3.83. The first-order chi connectivity index (χ1) is 8.25. The lowest BCUT2D eigenvalue weighted by Crippen LogP contribution is -2.28. The molecule has 0 aromatic heterocycles. The number of rotatable bonds is 4. The zero-order valence-corrected chi connectivity index (χ0v) is 11.0. The molecular formula is C15H23NO.